The van der Waals surface area contributed by atoms with Crippen molar-refractivity contribution in [1.29, 1.82) is 0 Å². The molecule has 1 N–H and O–H groups in total. The van der Waals surface area contributed by atoms with Crippen LogP contribution in [0.3, 0.4) is 0 Å². The number of hydrogen-bond donors (Lipinski definition) is 1. The Morgan fingerprint density at radius 2 is 2.14 bits per heavy atom. The van der Waals surface area contributed by atoms with Gasteiger partial charge >= 0.3 is 0 Å². The first-order chi connectivity index (χ1) is 10.4. The third-order valence-corrected chi connectivity index (χ3v) is 3.13. The van der Waals surface area contributed by atoms with E-state index in [1.165, 1.54) is 19.2 Å². The Morgan fingerprint density at radius 1 is 1.45 bits per heavy atom. The van der Waals surface area contributed by atoms with Crippen LogP contribution in [0, 0.1) is 10.1 Å². The number of ether oxygens (including phenoxy) is 1. The minimum Gasteiger partial charge on any atom is -0.496 e. The van der Waals surface area contributed by atoms with Crippen LogP contribution in [0.25, 0.3) is 0 Å². The SMILES string of the molecule is CCN(CC(=O)NC(C)C)Cc1cc([N+](=O)[O-])ccc1OC. The normalized spacial score (nSPS) is 10.8. The molecule has 0 aliphatic rings. The second-order valence-electron chi connectivity index (χ2n) is 5.28. The standard InChI is InChI=1S/C15H23N3O4/c1-5-17(10-15(19)16-11(2)3)9-12-8-13(18(20)21)6-7-14(12)22-4/h6-8,11H,5,9-10H2,1-4H3,(H,16,19). The number of non-ortho nitro benzene ring substituents is 1. The monoisotopic (exact) mass is 309 g/mol. The molecule has 1 amide bonds. The minimum atomic E-state index is -0.440. The highest BCUT2D eigenvalue weighted by Crippen LogP contribution is 2.25. The van der Waals surface area contributed by atoms with Gasteiger partial charge in [-0.1, -0.05) is 6.92 Å². The van der Waals surface area contributed by atoms with Crippen molar-refractivity contribution in [3.63, 3.8) is 0 Å². The number of methoxy groups -OCH3 is 1. The first-order valence-corrected chi connectivity index (χ1v) is 7.20. The highest BCUT2D eigenvalue weighted by atomic mass is 16.6. The summed E-state index contributed by atoms with van der Waals surface area (Å²) in [6.07, 6.45) is 0. The van der Waals surface area contributed by atoms with Gasteiger partial charge in [-0.2, -0.15) is 0 Å². The molecule has 7 heteroatoms. The summed E-state index contributed by atoms with van der Waals surface area (Å²) in [4.78, 5) is 24.2. The lowest BCUT2D eigenvalue weighted by Gasteiger charge is -2.21. The number of likely N-dealkylation sites (N-methyl/N-ethyl adjacent to an activating group) is 1. The fourth-order valence-corrected chi connectivity index (χ4v) is 2.09. The van der Waals surface area contributed by atoms with Crippen molar-refractivity contribution in [1.82, 2.24) is 10.2 Å². The van der Waals surface area contributed by atoms with Crippen LogP contribution in [-0.2, 0) is 11.3 Å². The predicted octanol–water partition coefficient (Wildman–Crippen LogP) is 1.95. The van der Waals surface area contributed by atoms with Gasteiger partial charge in [0.25, 0.3) is 5.69 Å². The van der Waals surface area contributed by atoms with Gasteiger partial charge in [-0.3, -0.25) is 19.8 Å². The summed E-state index contributed by atoms with van der Waals surface area (Å²) in [6, 6.07) is 4.56. The molecule has 22 heavy (non-hydrogen) atoms. The highest BCUT2D eigenvalue weighted by Gasteiger charge is 2.16. The van der Waals surface area contributed by atoms with Crippen LogP contribution in [0.1, 0.15) is 26.3 Å². The molecule has 122 valence electrons. The summed E-state index contributed by atoms with van der Waals surface area (Å²) in [7, 11) is 1.52. The molecule has 0 unspecified atom stereocenters. The zero-order valence-corrected chi connectivity index (χ0v) is 13.5. The lowest BCUT2D eigenvalue weighted by Crippen LogP contribution is -2.39. The Balaban J connectivity index is 2.87. The van der Waals surface area contributed by atoms with Crippen LogP contribution in [0.5, 0.6) is 5.75 Å². The van der Waals surface area contributed by atoms with Crippen molar-refractivity contribution >= 4 is 11.6 Å². The van der Waals surface area contributed by atoms with Crippen molar-refractivity contribution in [3.05, 3.63) is 33.9 Å². The molecule has 7 nitrogen and oxygen atoms in total. The number of carbonyl (C=O) groups is 1. The maximum Gasteiger partial charge on any atom is 0.270 e. The molecule has 0 saturated carbocycles. The molecule has 1 aromatic carbocycles. The summed E-state index contributed by atoms with van der Waals surface area (Å²) in [5, 5.41) is 13.7. The van der Waals surface area contributed by atoms with E-state index in [2.05, 4.69) is 5.32 Å². The highest BCUT2D eigenvalue weighted by molar-refractivity contribution is 5.78. The topological polar surface area (TPSA) is 84.7 Å². The summed E-state index contributed by atoms with van der Waals surface area (Å²) in [5.74, 6) is 0.509. The van der Waals surface area contributed by atoms with Gasteiger partial charge in [-0.15, -0.1) is 0 Å². The number of benzene rings is 1. The Kier molecular flexibility index (Phi) is 6.78. The smallest absolute Gasteiger partial charge is 0.270 e. The van der Waals surface area contributed by atoms with E-state index in [4.69, 9.17) is 4.74 Å². The summed E-state index contributed by atoms with van der Waals surface area (Å²) in [6.45, 7) is 7.03. The van der Waals surface area contributed by atoms with Crippen LogP contribution in [-0.4, -0.2) is 42.0 Å². The van der Waals surface area contributed by atoms with E-state index in [-0.39, 0.29) is 24.2 Å². The minimum absolute atomic E-state index is 0.0125. The van der Waals surface area contributed by atoms with Gasteiger partial charge in [-0.25, -0.2) is 0 Å². The van der Waals surface area contributed by atoms with Crippen LogP contribution < -0.4 is 10.1 Å². The van der Waals surface area contributed by atoms with E-state index in [9.17, 15) is 14.9 Å². The zero-order valence-electron chi connectivity index (χ0n) is 13.5. The Hall–Kier alpha value is -2.15. The molecule has 0 aliphatic carbocycles. The Bertz CT molecular complexity index is 532. The number of amides is 1. The molecule has 0 fully saturated rings. The van der Waals surface area contributed by atoms with Crippen molar-refractivity contribution in [3.8, 4) is 5.75 Å². The van der Waals surface area contributed by atoms with Crippen molar-refractivity contribution in [2.45, 2.75) is 33.4 Å². The second kappa shape index (κ2) is 8.33. The molecular formula is C15H23N3O4. The number of nitrogens with zero attached hydrogens (tertiary/aromatic N) is 2. The molecule has 0 bridgehead atoms. The van der Waals surface area contributed by atoms with Crippen molar-refractivity contribution in [2.75, 3.05) is 20.2 Å². The summed E-state index contributed by atoms with van der Waals surface area (Å²) >= 11 is 0. The van der Waals surface area contributed by atoms with Crippen LogP contribution >= 0.6 is 0 Å². The number of nitro groups is 1. The van der Waals surface area contributed by atoms with E-state index in [1.807, 2.05) is 25.7 Å². The molecule has 0 radical (unpaired) electrons. The maximum absolute atomic E-state index is 11.9. The van der Waals surface area contributed by atoms with E-state index < -0.39 is 4.92 Å². The van der Waals surface area contributed by atoms with Crippen LogP contribution in [0.15, 0.2) is 18.2 Å². The fraction of sp³-hybridized carbons (Fsp3) is 0.533. The van der Waals surface area contributed by atoms with E-state index in [0.717, 1.165) is 0 Å². The molecule has 0 spiro atoms. The van der Waals surface area contributed by atoms with Gasteiger partial charge in [0.2, 0.25) is 5.91 Å². The van der Waals surface area contributed by atoms with Gasteiger partial charge in [0.1, 0.15) is 5.75 Å². The number of nitrogens with one attached hydrogen (secondary N) is 1. The number of nitro benzene ring substituents is 1. The quantitative estimate of drug-likeness (QED) is 0.586. The Labute approximate surface area is 130 Å². The predicted molar refractivity (Wildman–Crippen MR) is 83.9 cm³/mol. The lowest BCUT2D eigenvalue weighted by atomic mass is 10.1. The molecule has 0 aromatic heterocycles. The average molecular weight is 309 g/mol. The third-order valence-electron chi connectivity index (χ3n) is 3.13. The largest absolute Gasteiger partial charge is 0.496 e. The average Bonchev–Trinajstić information content (AvgIpc) is 2.45. The molecule has 1 aromatic rings. The molecule has 0 saturated heterocycles. The number of hydrogen-bond acceptors (Lipinski definition) is 5. The van der Waals surface area contributed by atoms with Gasteiger partial charge in [0, 0.05) is 30.3 Å². The summed E-state index contributed by atoms with van der Waals surface area (Å²) in [5.41, 5.74) is 0.703. The fourth-order valence-electron chi connectivity index (χ4n) is 2.09. The number of rotatable bonds is 8. The first-order valence-electron chi connectivity index (χ1n) is 7.20. The molecular weight excluding hydrogens is 286 g/mol. The molecule has 1 rings (SSSR count). The zero-order chi connectivity index (χ0) is 16.7. The summed E-state index contributed by atoms with van der Waals surface area (Å²) < 4.78 is 5.25. The number of carbonyl (C=O) groups excluding carboxylic acids is 1. The van der Waals surface area contributed by atoms with E-state index in [0.29, 0.717) is 24.4 Å². The Morgan fingerprint density at radius 3 is 2.64 bits per heavy atom. The third kappa shape index (κ3) is 5.33. The molecule has 0 aliphatic heterocycles. The first kappa shape index (κ1) is 17.9. The van der Waals surface area contributed by atoms with E-state index >= 15 is 0 Å². The van der Waals surface area contributed by atoms with Gasteiger partial charge in [0.15, 0.2) is 0 Å². The molecule has 0 atom stereocenters. The van der Waals surface area contributed by atoms with E-state index in [1.54, 1.807) is 6.07 Å². The van der Waals surface area contributed by atoms with Crippen molar-refractivity contribution in [2.24, 2.45) is 0 Å². The van der Waals surface area contributed by atoms with Gasteiger partial charge < -0.3 is 10.1 Å². The molecule has 0 heterocycles. The van der Waals surface area contributed by atoms with Gasteiger partial charge in [-0.05, 0) is 26.5 Å². The van der Waals surface area contributed by atoms with Crippen molar-refractivity contribution < 1.29 is 14.5 Å². The van der Waals surface area contributed by atoms with Crippen LogP contribution in [0.4, 0.5) is 5.69 Å². The van der Waals surface area contributed by atoms with Crippen LogP contribution in [0.2, 0.25) is 0 Å². The maximum atomic E-state index is 11.9. The lowest BCUT2D eigenvalue weighted by molar-refractivity contribution is -0.384. The van der Waals surface area contributed by atoms with Gasteiger partial charge in [0.05, 0.1) is 18.6 Å². The second-order valence-corrected chi connectivity index (χ2v) is 5.28.